The van der Waals surface area contributed by atoms with Gasteiger partial charge in [-0.2, -0.15) is 0 Å². The summed E-state index contributed by atoms with van der Waals surface area (Å²) in [6, 6.07) is 4.01. The van der Waals surface area contributed by atoms with Gasteiger partial charge in [-0.15, -0.1) is 0 Å². The van der Waals surface area contributed by atoms with E-state index in [9.17, 15) is 4.79 Å². The Morgan fingerprint density at radius 1 is 1.26 bits per heavy atom. The summed E-state index contributed by atoms with van der Waals surface area (Å²) in [5.41, 5.74) is 1.23. The highest BCUT2D eigenvalue weighted by atomic mass is 16.2. The highest BCUT2D eigenvalue weighted by Gasteiger charge is 2.16. The van der Waals surface area contributed by atoms with Crippen molar-refractivity contribution in [2.45, 2.75) is 25.7 Å². The number of amides is 1. The van der Waals surface area contributed by atoms with Crippen LogP contribution in [0.15, 0.2) is 24.5 Å². The molecule has 0 atom stereocenters. The first kappa shape index (κ1) is 14.0. The van der Waals surface area contributed by atoms with Gasteiger partial charge in [0.25, 0.3) is 0 Å². The largest absolute Gasteiger partial charge is 0.344 e. The van der Waals surface area contributed by atoms with Crippen molar-refractivity contribution in [3.05, 3.63) is 30.1 Å². The first-order valence-corrected chi connectivity index (χ1v) is 7.11. The fourth-order valence-electron chi connectivity index (χ4n) is 2.40. The zero-order valence-electron chi connectivity index (χ0n) is 11.7. The standard InChI is InChI=1S/C15H23N3O/c1-17(12-7-14-5-8-16-9-6-14)15(19)13-18-10-3-2-4-11-18/h5-6,8-9H,2-4,7,10-13H2,1H3. The number of pyridine rings is 1. The number of carbonyl (C=O) groups excluding carboxylic acids is 1. The van der Waals surface area contributed by atoms with Crippen LogP contribution in [0.2, 0.25) is 0 Å². The molecular formula is C15H23N3O. The maximum absolute atomic E-state index is 12.1. The molecular weight excluding hydrogens is 238 g/mol. The van der Waals surface area contributed by atoms with Crippen LogP contribution < -0.4 is 0 Å². The summed E-state index contributed by atoms with van der Waals surface area (Å²) in [6.07, 6.45) is 8.26. The van der Waals surface area contributed by atoms with Gasteiger partial charge in [0.1, 0.15) is 0 Å². The molecule has 0 saturated carbocycles. The van der Waals surface area contributed by atoms with Crippen LogP contribution in [0.1, 0.15) is 24.8 Å². The minimum atomic E-state index is 0.232. The Balaban J connectivity index is 1.72. The van der Waals surface area contributed by atoms with Crippen molar-refractivity contribution in [1.82, 2.24) is 14.8 Å². The normalized spacial score (nSPS) is 16.3. The quantitative estimate of drug-likeness (QED) is 0.807. The van der Waals surface area contributed by atoms with Gasteiger partial charge in [0.15, 0.2) is 0 Å². The Morgan fingerprint density at radius 3 is 2.63 bits per heavy atom. The van der Waals surface area contributed by atoms with Gasteiger partial charge in [0.2, 0.25) is 5.91 Å². The molecule has 0 aliphatic carbocycles. The highest BCUT2D eigenvalue weighted by Crippen LogP contribution is 2.08. The first-order valence-electron chi connectivity index (χ1n) is 7.11. The van der Waals surface area contributed by atoms with E-state index < -0.39 is 0 Å². The van der Waals surface area contributed by atoms with Gasteiger partial charge in [0, 0.05) is 26.0 Å². The fourth-order valence-corrected chi connectivity index (χ4v) is 2.40. The van der Waals surface area contributed by atoms with Gasteiger partial charge in [-0.3, -0.25) is 14.7 Å². The van der Waals surface area contributed by atoms with Crippen LogP contribution in [-0.2, 0) is 11.2 Å². The molecule has 4 heteroatoms. The van der Waals surface area contributed by atoms with Crippen LogP contribution in [0.5, 0.6) is 0 Å². The molecule has 0 N–H and O–H groups in total. The third kappa shape index (κ3) is 4.63. The van der Waals surface area contributed by atoms with E-state index in [4.69, 9.17) is 0 Å². The number of rotatable bonds is 5. The van der Waals surface area contributed by atoms with Gasteiger partial charge in [-0.05, 0) is 50.0 Å². The predicted octanol–water partition coefficient (Wildman–Crippen LogP) is 1.57. The summed E-state index contributed by atoms with van der Waals surface area (Å²) < 4.78 is 0. The number of aromatic nitrogens is 1. The SMILES string of the molecule is CN(CCc1ccncc1)C(=O)CN1CCCCC1. The van der Waals surface area contributed by atoms with Gasteiger partial charge in [0.05, 0.1) is 6.54 Å². The lowest BCUT2D eigenvalue weighted by molar-refractivity contribution is -0.131. The average molecular weight is 261 g/mol. The topological polar surface area (TPSA) is 36.4 Å². The predicted molar refractivity (Wildman–Crippen MR) is 75.9 cm³/mol. The lowest BCUT2D eigenvalue weighted by Crippen LogP contribution is -2.41. The summed E-state index contributed by atoms with van der Waals surface area (Å²) in [5.74, 6) is 0.232. The summed E-state index contributed by atoms with van der Waals surface area (Å²) in [4.78, 5) is 20.2. The lowest BCUT2D eigenvalue weighted by atomic mass is 10.1. The molecule has 1 amide bonds. The van der Waals surface area contributed by atoms with E-state index >= 15 is 0 Å². The highest BCUT2D eigenvalue weighted by molar-refractivity contribution is 5.78. The maximum atomic E-state index is 12.1. The number of carbonyl (C=O) groups is 1. The van der Waals surface area contributed by atoms with Gasteiger partial charge < -0.3 is 4.90 Å². The van der Waals surface area contributed by atoms with Crippen LogP contribution >= 0.6 is 0 Å². The first-order chi connectivity index (χ1) is 9.25. The molecule has 2 heterocycles. The molecule has 0 aromatic carbocycles. The van der Waals surface area contributed by atoms with Gasteiger partial charge in [-0.1, -0.05) is 6.42 Å². The monoisotopic (exact) mass is 261 g/mol. The van der Waals surface area contributed by atoms with Crippen molar-refractivity contribution in [1.29, 1.82) is 0 Å². The molecule has 0 unspecified atom stereocenters. The Labute approximate surface area is 115 Å². The molecule has 104 valence electrons. The minimum absolute atomic E-state index is 0.232. The molecule has 1 aliphatic heterocycles. The molecule has 1 fully saturated rings. The molecule has 4 nitrogen and oxygen atoms in total. The Hall–Kier alpha value is -1.42. The molecule has 1 saturated heterocycles. The Kier molecular flexibility index (Phi) is 5.33. The molecule has 19 heavy (non-hydrogen) atoms. The van der Waals surface area contributed by atoms with Crippen LogP contribution in [0.4, 0.5) is 0 Å². The molecule has 1 aromatic rings. The van der Waals surface area contributed by atoms with Crippen molar-refractivity contribution in [3.63, 3.8) is 0 Å². The average Bonchev–Trinajstić information content (AvgIpc) is 2.47. The molecule has 2 rings (SSSR count). The summed E-state index contributed by atoms with van der Waals surface area (Å²) in [6.45, 7) is 3.50. The van der Waals surface area contributed by atoms with Crippen LogP contribution in [-0.4, -0.2) is 53.9 Å². The van der Waals surface area contributed by atoms with Gasteiger partial charge >= 0.3 is 0 Å². The number of piperidine rings is 1. The fraction of sp³-hybridized carbons (Fsp3) is 0.600. The van der Waals surface area contributed by atoms with E-state index in [2.05, 4.69) is 9.88 Å². The molecule has 1 aromatic heterocycles. The summed E-state index contributed by atoms with van der Waals surface area (Å²) >= 11 is 0. The molecule has 0 bridgehead atoms. The van der Waals surface area contributed by atoms with Crippen LogP contribution in [0.3, 0.4) is 0 Å². The van der Waals surface area contributed by atoms with Crippen molar-refractivity contribution < 1.29 is 4.79 Å². The minimum Gasteiger partial charge on any atom is -0.344 e. The van der Waals surface area contributed by atoms with Crippen molar-refractivity contribution in [2.75, 3.05) is 33.2 Å². The van der Waals surface area contributed by atoms with E-state index in [-0.39, 0.29) is 5.91 Å². The smallest absolute Gasteiger partial charge is 0.236 e. The van der Waals surface area contributed by atoms with Crippen LogP contribution in [0, 0.1) is 0 Å². The lowest BCUT2D eigenvalue weighted by Gasteiger charge is -2.28. The Bertz CT molecular complexity index is 388. The maximum Gasteiger partial charge on any atom is 0.236 e. The van der Waals surface area contributed by atoms with Crippen LogP contribution in [0.25, 0.3) is 0 Å². The van der Waals surface area contributed by atoms with E-state index in [0.29, 0.717) is 6.54 Å². The van der Waals surface area contributed by atoms with Crippen molar-refractivity contribution in [3.8, 4) is 0 Å². The van der Waals surface area contributed by atoms with Gasteiger partial charge in [-0.25, -0.2) is 0 Å². The second-order valence-corrected chi connectivity index (χ2v) is 5.26. The third-order valence-corrected chi connectivity index (χ3v) is 3.72. The second-order valence-electron chi connectivity index (χ2n) is 5.26. The summed E-state index contributed by atoms with van der Waals surface area (Å²) in [7, 11) is 1.90. The number of hydrogen-bond donors (Lipinski definition) is 0. The zero-order chi connectivity index (χ0) is 13.5. The Morgan fingerprint density at radius 2 is 1.95 bits per heavy atom. The molecule has 0 spiro atoms. The zero-order valence-corrected chi connectivity index (χ0v) is 11.7. The molecule has 0 radical (unpaired) electrons. The van der Waals surface area contributed by atoms with Crippen molar-refractivity contribution >= 4 is 5.91 Å². The van der Waals surface area contributed by atoms with E-state index in [1.165, 1.54) is 24.8 Å². The number of nitrogens with zero attached hydrogens (tertiary/aromatic N) is 3. The number of likely N-dealkylation sites (tertiary alicyclic amines) is 1. The van der Waals surface area contributed by atoms with Crippen molar-refractivity contribution in [2.24, 2.45) is 0 Å². The number of likely N-dealkylation sites (N-methyl/N-ethyl adjacent to an activating group) is 1. The van der Waals surface area contributed by atoms with E-state index in [1.807, 2.05) is 24.1 Å². The summed E-state index contributed by atoms with van der Waals surface area (Å²) in [5, 5.41) is 0. The third-order valence-electron chi connectivity index (χ3n) is 3.72. The second kappa shape index (κ2) is 7.24. The van der Waals surface area contributed by atoms with E-state index in [1.54, 1.807) is 12.4 Å². The van der Waals surface area contributed by atoms with E-state index in [0.717, 1.165) is 26.1 Å². The molecule has 1 aliphatic rings. The number of hydrogen-bond acceptors (Lipinski definition) is 3.